The normalized spacial score (nSPS) is 45.4. The number of nitrogens with two attached hydrogens (primary N) is 4. The van der Waals surface area contributed by atoms with E-state index in [1.165, 1.54) is 12.8 Å². The van der Waals surface area contributed by atoms with Crippen LogP contribution >= 0.6 is 0 Å². The molecule has 15 nitrogen and oxygen atoms in total. The maximum absolute atomic E-state index is 11.2. The second-order valence-electron chi connectivity index (χ2n) is 11.2. The van der Waals surface area contributed by atoms with Gasteiger partial charge in [0.25, 0.3) is 0 Å². The van der Waals surface area contributed by atoms with Crippen LogP contribution in [0.4, 0.5) is 0 Å². The van der Waals surface area contributed by atoms with Crippen molar-refractivity contribution in [2.45, 2.75) is 137 Å². The summed E-state index contributed by atoms with van der Waals surface area (Å²) in [6.45, 7) is 1.93. The van der Waals surface area contributed by atoms with Crippen LogP contribution in [0, 0.1) is 6.42 Å². The zero-order chi connectivity index (χ0) is 30.3. The fraction of sp³-hybridized carbons (Fsp3) is 0.962. The Hall–Kier alpha value is -0.730. The van der Waals surface area contributed by atoms with Gasteiger partial charge < -0.3 is 65.8 Å². The van der Waals surface area contributed by atoms with Crippen molar-refractivity contribution in [3.63, 3.8) is 0 Å². The number of hydrogen-bond acceptors (Lipinski definition) is 15. The van der Waals surface area contributed by atoms with Gasteiger partial charge in [0.05, 0.1) is 12.6 Å². The van der Waals surface area contributed by atoms with E-state index in [1.54, 1.807) is 0 Å². The molecule has 3 fully saturated rings. The Morgan fingerprint density at radius 2 is 1.24 bits per heavy atom. The van der Waals surface area contributed by atoms with Gasteiger partial charge in [0.15, 0.2) is 24.7 Å². The predicted octanol–water partition coefficient (Wildman–Crippen LogP) is -4.09. The average Bonchev–Trinajstić information content (AvgIpc) is 2.95. The minimum atomic E-state index is -1.66. The lowest BCUT2D eigenvalue weighted by Gasteiger charge is -2.46. The Bertz CT molecular complexity index is 756. The first-order chi connectivity index (χ1) is 19.5. The number of hydrogen-bond donors (Lipinski definition) is 10. The van der Waals surface area contributed by atoms with Crippen LogP contribution in [-0.4, -0.2) is 142 Å². The van der Waals surface area contributed by atoms with Gasteiger partial charge in [-0.15, -0.1) is 0 Å². The van der Waals surface area contributed by atoms with Crippen LogP contribution in [0.15, 0.2) is 0 Å². The zero-order valence-electron chi connectivity index (χ0n) is 23.6. The van der Waals surface area contributed by atoms with E-state index in [9.17, 15) is 30.6 Å². The van der Waals surface area contributed by atoms with Gasteiger partial charge in [0.1, 0.15) is 67.5 Å². The minimum Gasteiger partial charge on any atom is -0.394 e. The largest absolute Gasteiger partial charge is 0.394 e. The molecule has 0 aromatic heterocycles. The second-order valence-corrected chi connectivity index (χ2v) is 11.2. The Kier molecular flexibility index (Phi) is 13.9. The lowest BCUT2D eigenvalue weighted by Crippen LogP contribution is -2.69. The van der Waals surface area contributed by atoms with Crippen LogP contribution in [0.2, 0.25) is 0 Å². The summed E-state index contributed by atoms with van der Waals surface area (Å²) in [7, 11) is 0. The summed E-state index contributed by atoms with van der Waals surface area (Å²) in [5, 5.41) is 62.6. The van der Waals surface area contributed by atoms with Gasteiger partial charge in [-0.2, -0.15) is 0 Å². The van der Waals surface area contributed by atoms with E-state index in [-0.39, 0.29) is 6.54 Å². The smallest absolute Gasteiger partial charge is 0.187 e. The number of aliphatic hydroxyl groups excluding tert-OH is 6. The average molecular weight is 596 g/mol. The first-order valence-electron chi connectivity index (χ1n) is 14.6. The highest BCUT2D eigenvalue weighted by atomic mass is 16.7. The van der Waals surface area contributed by atoms with Gasteiger partial charge in [-0.3, -0.25) is 11.5 Å². The van der Waals surface area contributed by atoms with Gasteiger partial charge in [-0.1, -0.05) is 39.0 Å². The third-order valence-electron chi connectivity index (χ3n) is 8.08. The summed E-state index contributed by atoms with van der Waals surface area (Å²) in [5.74, 6) is 0. The molecule has 1 aliphatic carbocycles. The van der Waals surface area contributed by atoms with Crippen molar-refractivity contribution in [2.75, 3.05) is 19.8 Å². The molecule has 15 heteroatoms. The molecule has 7 unspecified atom stereocenters. The number of unbranched alkanes of at least 4 members (excludes halogenated alkanes) is 5. The van der Waals surface area contributed by atoms with Crippen molar-refractivity contribution >= 4 is 0 Å². The second kappa shape index (κ2) is 16.4. The molecule has 41 heavy (non-hydrogen) atoms. The fourth-order valence-corrected chi connectivity index (χ4v) is 5.53. The van der Waals surface area contributed by atoms with Crippen LogP contribution in [0.3, 0.4) is 0 Å². The van der Waals surface area contributed by atoms with Crippen molar-refractivity contribution in [1.29, 1.82) is 0 Å². The van der Waals surface area contributed by atoms with E-state index < -0.39 is 98.4 Å². The highest BCUT2D eigenvalue weighted by molar-refractivity contribution is 5.10. The van der Waals surface area contributed by atoms with Gasteiger partial charge in [-0.25, -0.2) is 0 Å². The van der Waals surface area contributed by atoms with Crippen molar-refractivity contribution in [3.05, 3.63) is 6.42 Å². The number of aliphatic hydroxyl groups is 6. The minimum absolute atomic E-state index is 0.167. The summed E-state index contributed by atoms with van der Waals surface area (Å²) in [6, 6.07) is -2.84. The topological polar surface area (TPSA) is 272 Å². The molecule has 3 rings (SSSR count). The Labute approximate surface area is 241 Å². The molecule has 2 aliphatic heterocycles. The number of rotatable bonds is 14. The van der Waals surface area contributed by atoms with E-state index in [0.29, 0.717) is 6.61 Å². The van der Waals surface area contributed by atoms with E-state index in [0.717, 1.165) is 32.1 Å². The van der Waals surface area contributed by atoms with Gasteiger partial charge in [0.2, 0.25) is 0 Å². The SMILES string of the molecule is CCCCCCCCOC1[C@@H](N)[C@@H](O)C(O[C@@H]2C(N)[CH+]C(N)C(O[C@H]3OC(CN)[C@@H](O)[C@H](O)C3O)[C@@H]2O)O[C@@H]1CO. The summed E-state index contributed by atoms with van der Waals surface area (Å²) in [4.78, 5) is 0. The first-order valence-corrected chi connectivity index (χ1v) is 14.6. The summed E-state index contributed by atoms with van der Waals surface area (Å²) >= 11 is 0. The van der Waals surface area contributed by atoms with Crippen molar-refractivity contribution in [2.24, 2.45) is 22.9 Å². The third-order valence-corrected chi connectivity index (χ3v) is 8.08. The molecule has 14 N–H and O–H groups in total. The maximum Gasteiger partial charge on any atom is 0.187 e. The molecule has 0 aromatic rings. The monoisotopic (exact) mass is 595 g/mol. The molecule has 0 radical (unpaired) electrons. The molecule has 0 amide bonds. The van der Waals surface area contributed by atoms with Crippen molar-refractivity contribution in [1.82, 2.24) is 0 Å². The molecule has 2 heterocycles. The Morgan fingerprint density at radius 3 is 1.83 bits per heavy atom. The fourth-order valence-electron chi connectivity index (χ4n) is 5.53. The van der Waals surface area contributed by atoms with Crippen molar-refractivity contribution < 1.29 is 54.3 Å². The molecular formula is C26H51N4O11+. The van der Waals surface area contributed by atoms with Gasteiger partial charge >= 0.3 is 0 Å². The molecule has 240 valence electrons. The molecule has 3 aliphatic rings. The summed E-state index contributed by atoms with van der Waals surface area (Å²) < 4.78 is 28.8. The highest BCUT2D eigenvalue weighted by Gasteiger charge is 2.55. The van der Waals surface area contributed by atoms with E-state index >= 15 is 0 Å². The molecule has 0 aromatic carbocycles. The van der Waals surface area contributed by atoms with Crippen LogP contribution in [0.25, 0.3) is 0 Å². The summed E-state index contributed by atoms with van der Waals surface area (Å²) in [5.41, 5.74) is 24.2. The lowest BCUT2D eigenvalue weighted by molar-refractivity contribution is -0.330. The lowest BCUT2D eigenvalue weighted by atomic mass is 9.84. The number of ether oxygens (including phenoxy) is 5. The van der Waals surface area contributed by atoms with Crippen LogP contribution in [0.1, 0.15) is 45.4 Å². The third kappa shape index (κ3) is 8.47. The molecular weight excluding hydrogens is 544 g/mol. The van der Waals surface area contributed by atoms with E-state index in [2.05, 4.69) is 6.92 Å². The molecule has 0 spiro atoms. The van der Waals surface area contributed by atoms with Crippen LogP contribution in [-0.2, 0) is 23.7 Å². The molecule has 15 atom stereocenters. The standard InChI is InChI=1S/C26H51N4O11/c1-2-3-4-5-6-7-8-37-24-15(11-31)39-25(18(33)16(24)30)40-22-12(28)9-13(29)23(21(22)36)41-26-20(35)19(34)17(32)14(10-27)38-26/h9,12-26,31-36H,2-8,10-11,27-30H2,1H3/q+1/t12?,13?,14?,15-,16+,17-,18-,19+,20?,21-,22-,23?,24?,25?,26-/m1/s1. The Morgan fingerprint density at radius 1 is 0.683 bits per heavy atom. The Balaban J connectivity index is 1.61. The molecule has 1 saturated carbocycles. The zero-order valence-corrected chi connectivity index (χ0v) is 23.6. The maximum atomic E-state index is 11.2. The van der Waals surface area contributed by atoms with Gasteiger partial charge in [0, 0.05) is 13.2 Å². The van der Waals surface area contributed by atoms with Crippen molar-refractivity contribution in [3.8, 4) is 0 Å². The van der Waals surface area contributed by atoms with Crippen LogP contribution in [0.5, 0.6) is 0 Å². The van der Waals surface area contributed by atoms with E-state index in [1.807, 2.05) is 0 Å². The molecule has 0 bridgehead atoms. The highest BCUT2D eigenvalue weighted by Crippen LogP contribution is 2.31. The molecule has 2 saturated heterocycles. The van der Waals surface area contributed by atoms with Crippen LogP contribution < -0.4 is 22.9 Å². The van der Waals surface area contributed by atoms with Gasteiger partial charge in [-0.05, 0) is 6.42 Å². The quantitative estimate of drug-likeness (QED) is 0.0675. The predicted molar refractivity (Wildman–Crippen MR) is 145 cm³/mol. The van der Waals surface area contributed by atoms with E-state index in [4.69, 9.17) is 46.6 Å². The first kappa shape index (κ1) is 34.8. The summed E-state index contributed by atoms with van der Waals surface area (Å²) in [6.07, 6.45) is -7.77.